The zero-order valence-corrected chi connectivity index (χ0v) is 13.8. The molecule has 0 aliphatic rings. The maximum atomic E-state index is 13.6. The van der Waals surface area contributed by atoms with Gasteiger partial charge in [0.1, 0.15) is 12.1 Å². The van der Waals surface area contributed by atoms with Crippen LogP contribution in [0.15, 0.2) is 29.5 Å². The second-order valence-electron chi connectivity index (χ2n) is 5.17. The van der Waals surface area contributed by atoms with Crippen molar-refractivity contribution >= 4 is 5.96 Å². The van der Waals surface area contributed by atoms with E-state index < -0.39 is 0 Å². The topological polar surface area (TPSA) is 67.1 Å². The van der Waals surface area contributed by atoms with Crippen molar-refractivity contribution < 1.29 is 4.39 Å². The summed E-state index contributed by atoms with van der Waals surface area (Å²) in [5.41, 5.74) is 1.48. The SMILES string of the molecule is CCNC(=NCc1ccc(C)c(F)c1)NCc1nncn1CC. The lowest BCUT2D eigenvalue weighted by molar-refractivity contribution is 0.616. The molecule has 0 unspecified atom stereocenters. The van der Waals surface area contributed by atoms with Crippen LogP contribution in [-0.4, -0.2) is 27.3 Å². The monoisotopic (exact) mass is 318 g/mol. The molecule has 0 spiro atoms. The fraction of sp³-hybridized carbons (Fsp3) is 0.438. The van der Waals surface area contributed by atoms with Crippen molar-refractivity contribution in [3.05, 3.63) is 47.3 Å². The Bertz CT molecular complexity index is 664. The molecular formula is C16H23FN6. The number of aliphatic imine (C=N–C) groups is 1. The number of nitrogens with zero attached hydrogens (tertiary/aromatic N) is 4. The average Bonchev–Trinajstić information content (AvgIpc) is 3.00. The zero-order valence-electron chi connectivity index (χ0n) is 13.8. The van der Waals surface area contributed by atoms with Crippen LogP contribution in [0.4, 0.5) is 4.39 Å². The highest BCUT2D eigenvalue weighted by Crippen LogP contribution is 2.10. The highest BCUT2D eigenvalue weighted by atomic mass is 19.1. The van der Waals surface area contributed by atoms with E-state index in [0.29, 0.717) is 24.6 Å². The minimum atomic E-state index is -0.202. The molecule has 0 amide bonds. The molecule has 0 aliphatic heterocycles. The molecule has 1 aromatic carbocycles. The van der Waals surface area contributed by atoms with Gasteiger partial charge in [0.25, 0.3) is 0 Å². The maximum Gasteiger partial charge on any atom is 0.191 e. The average molecular weight is 318 g/mol. The lowest BCUT2D eigenvalue weighted by Gasteiger charge is -2.11. The highest BCUT2D eigenvalue weighted by molar-refractivity contribution is 5.79. The Morgan fingerprint density at radius 3 is 2.83 bits per heavy atom. The fourth-order valence-corrected chi connectivity index (χ4v) is 2.09. The lowest BCUT2D eigenvalue weighted by Crippen LogP contribution is -2.37. The van der Waals surface area contributed by atoms with Crippen molar-refractivity contribution in [3.8, 4) is 0 Å². The van der Waals surface area contributed by atoms with Crippen LogP contribution >= 0.6 is 0 Å². The molecule has 0 saturated carbocycles. The fourth-order valence-electron chi connectivity index (χ4n) is 2.09. The number of aromatic nitrogens is 3. The van der Waals surface area contributed by atoms with Crippen LogP contribution in [-0.2, 0) is 19.6 Å². The first-order chi connectivity index (χ1) is 11.1. The minimum Gasteiger partial charge on any atom is -0.357 e. The first-order valence-corrected chi connectivity index (χ1v) is 7.78. The van der Waals surface area contributed by atoms with E-state index in [4.69, 9.17) is 0 Å². The maximum absolute atomic E-state index is 13.6. The Kier molecular flexibility index (Phi) is 6.08. The zero-order chi connectivity index (χ0) is 16.7. The normalized spacial score (nSPS) is 11.6. The van der Waals surface area contributed by atoms with Gasteiger partial charge in [-0.25, -0.2) is 9.38 Å². The standard InChI is InChI=1S/C16H23FN6/c1-4-18-16(20-10-15-22-21-11-23(15)5-2)19-9-13-7-6-12(3)14(17)8-13/h6-8,11H,4-5,9-10H2,1-3H3,(H2,18,19,20). The molecule has 0 bridgehead atoms. The summed E-state index contributed by atoms with van der Waals surface area (Å²) in [5, 5.41) is 14.4. The van der Waals surface area contributed by atoms with Crippen molar-refractivity contribution in [3.63, 3.8) is 0 Å². The van der Waals surface area contributed by atoms with Crippen LogP contribution in [0.3, 0.4) is 0 Å². The van der Waals surface area contributed by atoms with E-state index in [1.54, 1.807) is 19.3 Å². The van der Waals surface area contributed by atoms with Crippen molar-refractivity contribution in [2.45, 2.75) is 40.4 Å². The van der Waals surface area contributed by atoms with Crippen LogP contribution in [0.2, 0.25) is 0 Å². The molecule has 0 radical (unpaired) electrons. The molecule has 7 heteroatoms. The van der Waals surface area contributed by atoms with Crippen LogP contribution in [0.5, 0.6) is 0 Å². The first-order valence-electron chi connectivity index (χ1n) is 7.78. The number of benzene rings is 1. The number of hydrogen-bond donors (Lipinski definition) is 2. The smallest absolute Gasteiger partial charge is 0.191 e. The molecule has 0 aliphatic carbocycles. The van der Waals surface area contributed by atoms with E-state index in [1.807, 2.05) is 24.5 Å². The number of hydrogen-bond acceptors (Lipinski definition) is 3. The molecule has 124 valence electrons. The molecule has 23 heavy (non-hydrogen) atoms. The quantitative estimate of drug-likeness (QED) is 0.631. The second-order valence-corrected chi connectivity index (χ2v) is 5.17. The van der Waals surface area contributed by atoms with E-state index in [2.05, 4.69) is 25.8 Å². The van der Waals surface area contributed by atoms with Gasteiger partial charge in [0.05, 0.1) is 13.1 Å². The molecule has 0 saturated heterocycles. The first kappa shape index (κ1) is 16.9. The van der Waals surface area contributed by atoms with Crippen LogP contribution in [0, 0.1) is 12.7 Å². The second kappa shape index (κ2) is 8.26. The summed E-state index contributed by atoms with van der Waals surface area (Å²) in [6, 6.07) is 5.18. The predicted octanol–water partition coefficient (Wildman–Crippen LogP) is 2.00. The van der Waals surface area contributed by atoms with Crippen molar-refractivity contribution in [2.24, 2.45) is 4.99 Å². The molecule has 2 rings (SSSR count). The summed E-state index contributed by atoms with van der Waals surface area (Å²) in [6.45, 7) is 8.29. The Morgan fingerprint density at radius 1 is 1.30 bits per heavy atom. The molecule has 0 atom stereocenters. The van der Waals surface area contributed by atoms with Gasteiger partial charge >= 0.3 is 0 Å². The molecule has 6 nitrogen and oxygen atoms in total. The van der Waals surface area contributed by atoms with Gasteiger partial charge in [-0.1, -0.05) is 12.1 Å². The summed E-state index contributed by atoms with van der Waals surface area (Å²) in [6.07, 6.45) is 1.70. The van der Waals surface area contributed by atoms with Gasteiger partial charge in [-0.3, -0.25) is 0 Å². The lowest BCUT2D eigenvalue weighted by atomic mass is 10.1. The third-order valence-electron chi connectivity index (χ3n) is 3.45. The van der Waals surface area contributed by atoms with Crippen molar-refractivity contribution in [2.75, 3.05) is 6.54 Å². The number of nitrogens with one attached hydrogen (secondary N) is 2. The molecule has 2 N–H and O–H groups in total. The van der Waals surface area contributed by atoms with Crippen molar-refractivity contribution in [1.82, 2.24) is 25.4 Å². The Morgan fingerprint density at radius 2 is 2.13 bits per heavy atom. The van der Waals surface area contributed by atoms with Gasteiger partial charge in [-0.05, 0) is 38.0 Å². The van der Waals surface area contributed by atoms with Gasteiger partial charge in [0.15, 0.2) is 11.8 Å². The Labute approximate surface area is 135 Å². The Balaban J connectivity index is 2.00. The number of halogens is 1. The van der Waals surface area contributed by atoms with E-state index >= 15 is 0 Å². The van der Waals surface area contributed by atoms with E-state index in [-0.39, 0.29) is 5.82 Å². The largest absolute Gasteiger partial charge is 0.357 e. The minimum absolute atomic E-state index is 0.202. The third-order valence-corrected chi connectivity index (χ3v) is 3.45. The van der Waals surface area contributed by atoms with Gasteiger partial charge in [-0.2, -0.15) is 0 Å². The van der Waals surface area contributed by atoms with Crippen LogP contribution < -0.4 is 10.6 Å². The van der Waals surface area contributed by atoms with Gasteiger partial charge in [-0.15, -0.1) is 10.2 Å². The summed E-state index contributed by atoms with van der Waals surface area (Å²) < 4.78 is 15.5. The number of guanidine groups is 1. The molecule has 2 aromatic rings. The van der Waals surface area contributed by atoms with Gasteiger partial charge in [0.2, 0.25) is 0 Å². The van der Waals surface area contributed by atoms with E-state index in [9.17, 15) is 4.39 Å². The Hall–Kier alpha value is -2.44. The van der Waals surface area contributed by atoms with Crippen LogP contribution in [0.1, 0.15) is 30.8 Å². The third kappa shape index (κ3) is 4.77. The van der Waals surface area contributed by atoms with Crippen LogP contribution in [0.25, 0.3) is 0 Å². The van der Waals surface area contributed by atoms with E-state index in [1.165, 1.54) is 6.07 Å². The van der Waals surface area contributed by atoms with Gasteiger partial charge in [0, 0.05) is 13.1 Å². The summed E-state index contributed by atoms with van der Waals surface area (Å²) >= 11 is 0. The van der Waals surface area contributed by atoms with Gasteiger partial charge < -0.3 is 15.2 Å². The molecule has 1 heterocycles. The molecular weight excluding hydrogens is 295 g/mol. The van der Waals surface area contributed by atoms with E-state index in [0.717, 1.165) is 24.5 Å². The number of rotatable bonds is 6. The molecule has 1 aromatic heterocycles. The van der Waals surface area contributed by atoms with Crippen molar-refractivity contribution in [1.29, 1.82) is 0 Å². The predicted molar refractivity (Wildman–Crippen MR) is 88.5 cm³/mol. The summed E-state index contributed by atoms with van der Waals surface area (Å²) in [4.78, 5) is 4.48. The summed E-state index contributed by atoms with van der Waals surface area (Å²) in [5.74, 6) is 1.31. The number of aryl methyl sites for hydroxylation is 2. The highest BCUT2D eigenvalue weighted by Gasteiger charge is 2.05. The summed E-state index contributed by atoms with van der Waals surface area (Å²) in [7, 11) is 0. The molecule has 0 fully saturated rings.